The van der Waals surface area contributed by atoms with Gasteiger partial charge in [-0.2, -0.15) is 0 Å². The summed E-state index contributed by atoms with van der Waals surface area (Å²) in [6.45, 7) is 0. The van der Waals surface area contributed by atoms with E-state index in [0.717, 1.165) is 25.7 Å². The number of methoxy groups -OCH3 is 1. The maximum absolute atomic E-state index is 13.5. The van der Waals surface area contributed by atoms with E-state index in [1.807, 2.05) is 0 Å². The molecule has 1 amide bonds. The van der Waals surface area contributed by atoms with E-state index in [4.69, 9.17) is 0 Å². The fourth-order valence-electron chi connectivity index (χ4n) is 3.06. The standard InChI is InChI=1S/C16H19F3N2O3/c1-24-15(23)9-16(4-2-3-5-16)8-14(22)21-20-13-7-11(18)10(17)6-12(13)19/h6-7,20H,2-5,8-9H2,1H3,(H,21,22). The molecular formula is C16H19F3N2O3. The lowest BCUT2D eigenvalue weighted by Crippen LogP contribution is -2.35. The molecule has 5 nitrogen and oxygen atoms in total. The van der Waals surface area contributed by atoms with Gasteiger partial charge in [-0.15, -0.1) is 0 Å². The van der Waals surface area contributed by atoms with E-state index >= 15 is 0 Å². The maximum atomic E-state index is 13.5. The summed E-state index contributed by atoms with van der Waals surface area (Å²) in [6.07, 6.45) is 3.45. The van der Waals surface area contributed by atoms with Crippen molar-refractivity contribution in [1.29, 1.82) is 0 Å². The van der Waals surface area contributed by atoms with Crippen molar-refractivity contribution in [3.8, 4) is 0 Å². The highest BCUT2D eigenvalue weighted by molar-refractivity contribution is 5.79. The molecule has 8 heteroatoms. The summed E-state index contributed by atoms with van der Waals surface area (Å²) in [7, 11) is 1.29. The van der Waals surface area contributed by atoms with Crippen LogP contribution in [0, 0.1) is 22.9 Å². The molecule has 2 rings (SSSR count). The highest BCUT2D eigenvalue weighted by Gasteiger charge is 2.38. The van der Waals surface area contributed by atoms with Crippen LogP contribution >= 0.6 is 0 Å². The number of hydrogen-bond acceptors (Lipinski definition) is 4. The highest BCUT2D eigenvalue weighted by Crippen LogP contribution is 2.44. The van der Waals surface area contributed by atoms with Gasteiger partial charge in [0.15, 0.2) is 17.5 Å². The molecule has 2 N–H and O–H groups in total. The van der Waals surface area contributed by atoms with Crippen LogP contribution in [-0.4, -0.2) is 19.0 Å². The van der Waals surface area contributed by atoms with E-state index in [1.54, 1.807) is 0 Å². The number of benzene rings is 1. The minimum atomic E-state index is -1.31. The Hall–Kier alpha value is -2.25. The third-order valence-electron chi connectivity index (χ3n) is 4.29. The van der Waals surface area contributed by atoms with Crippen LogP contribution in [0.15, 0.2) is 12.1 Å². The van der Waals surface area contributed by atoms with Crippen molar-refractivity contribution in [3.05, 3.63) is 29.6 Å². The maximum Gasteiger partial charge on any atom is 0.306 e. The quantitative estimate of drug-likeness (QED) is 0.473. The number of halogens is 3. The molecule has 0 aromatic heterocycles. The summed E-state index contributed by atoms with van der Waals surface area (Å²) in [5.74, 6) is -4.42. The predicted molar refractivity (Wildman–Crippen MR) is 80.2 cm³/mol. The summed E-state index contributed by atoms with van der Waals surface area (Å²) < 4.78 is 44.1. The molecule has 1 aromatic carbocycles. The largest absolute Gasteiger partial charge is 0.469 e. The average Bonchev–Trinajstić information content (AvgIpc) is 2.97. The first kappa shape index (κ1) is 18.1. The molecule has 0 radical (unpaired) electrons. The van der Waals surface area contributed by atoms with Crippen LogP contribution in [0.4, 0.5) is 18.9 Å². The minimum Gasteiger partial charge on any atom is -0.469 e. The van der Waals surface area contributed by atoms with Crippen LogP contribution in [0.5, 0.6) is 0 Å². The third kappa shape index (κ3) is 4.39. The van der Waals surface area contributed by atoms with Gasteiger partial charge in [0.05, 0.1) is 19.2 Å². The molecule has 1 aliphatic carbocycles. The zero-order valence-electron chi connectivity index (χ0n) is 13.3. The van der Waals surface area contributed by atoms with Gasteiger partial charge in [-0.05, 0) is 18.3 Å². The zero-order valence-corrected chi connectivity index (χ0v) is 13.3. The molecule has 0 aliphatic heterocycles. The SMILES string of the molecule is COC(=O)CC1(CC(=O)NNc2cc(F)c(F)cc2F)CCCC1. The number of carbonyl (C=O) groups excluding carboxylic acids is 2. The van der Waals surface area contributed by atoms with Crippen molar-refractivity contribution in [2.45, 2.75) is 38.5 Å². The van der Waals surface area contributed by atoms with E-state index in [1.165, 1.54) is 7.11 Å². The van der Waals surface area contributed by atoms with E-state index in [0.29, 0.717) is 12.1 Å². The molecule has 0 heterocycles. The second-order valence-electron chi connectivity index (χ2n) is 6.06. The van der Waals surface area contributed by atoms with Crippen LogP contribution in [0.2, 0.25) is 0 Å². The average molecular weight is 344 g/mol. The normalized spacial score (nSPS) is 15.8. The Kier molecular flexibility index (Phi) is 5.69. The van der Waals surface area contributed by atoms with E-state index < -0.39 is 28.8 Å². The second kappa shape index (κ2) is 7.55. The van der Waals surface area contributed by atoms with E-state index in [2.05, 4.69) is 15.6 Å². The van der Waals surface area contributed by atoms with Crippen LogP contribution in [0.1, 0.15) is 38.5 Å². The molecule has 0 saturated heterocycles. The number of nitrogens with one attached hydrogen (secondary N) is 2. The predicted octanol–water partition coefficient (Wildman–Crippen LogP) is 3.06. The van der Waals surface area contributed by atoms with Gasteiger partial charge >= 0.3 is 5.97 Å². The van der Waals surface area contributed by atoms with Gasteiger partial charge in [-0.3, -0.25) is 20.4 Å². The molecule has 24 heavy (non-hydrogen) atoms. The smallest absolute Gasteiger partial charge is 0.306 e. The number of rotatable bonds is 6. The molecule has 1 aromatic rings. The number of hydrazine groups is 1. The molecule has 0 bridgehead atoms. The zero-order chi connectivity index (χ0) is 17.7. The summed E-state index contributed by atoms with van der Waals surface area (Å²) >= 11 is 0. The van der Waals surface area contributed by atoms with Crippen LogP contribution in [0.25, 0.3) is 0 Å². The molecule has 132 valence electrons. The van der Waals surface area contributed by atoms with Crippen LogP contribution < -0.4 is 10.9 Å². The lowest BCUT2D eigenvalue weighted by molar-refractivity contribution is -0.143. The number of ether oxygens (including phenoxy) is 1. The van der Waals surface area contributed by atoms with Gasteiger partial charge in [-0.1, -0.05) is 12.8 Å². The second-order valence-corrected chi connectivity index (χ2v) is 6.06. The van der Waals surface area contributed by atoms with Crippen molar-refractivity contribution >= 4 is 17.6 Å². The number of esters is 1. The van der Waals surface area contributed by atoms with Gasteiger partial charge in [0.25, 0.3) is 0 Å². The topological polar surface area (TPSA) is 67.4 Å². The Morgan fingerprint density at radius 1 is 1.08 bits per heavy atom. The van der Waals surface area contributed by atoms with Gasteiger partial charge in [0.2, 0.25) is 5.91 Å². The van der Waals surface area contributed by atoms with Gasteiger partial charge in [-0.25, -0.2) is 13.2 Å². The fourth-order valence-corrected chi connectivity index (χ4v) is 3.06. The van der Waals surface area contributed by atoms with Crippen molar-refractivity contribution in [3.63, 3.8) is 0 Å². The third-order valence-corrected chi connectivity index (χ3v) is 4.29. The first-order valence-electron chi connectivity index (χ1n) is 7.61. The van der Waals surface area contributed by atoms with Crippen molar-refractivity contribution in [1.82, 2.24) is 5.43 Å². The molecule has 0 atom stereocenters. The Balaban J connectivity index is 1.97. The Morgan fingerprint density at radius 3 is 2.33 bits per heavy atom. The number of anilines is 1. The summed E-state index contributed by atoms with van der Waals surface area (Å²) in [5.41, 5.74) is 3.64. The van der Waals surface area contributed by atoms with Crippen molar-refractivity contribution in [2.75, 3.05) is 12.5 Å². The van der Waals surface area contributed by atoms with Crippen LogP contribution in [-0.2, 0) is 14.3 Å². The Bertz CT molecular complexity index is 631. The van der Waals surface area contributed by atoms with E-state index in [9.17, 15) is 22.8 Å². The van der Waals surface area contributed by atoms with Gasteiger partial charge < -0.3 is 4.74 Å². The number of carbonyl (C=O) groups is 2. The fraction of sp³-hybridized carbons (Fsp3) is 0.500. The van der Waals surface area contributed by atoms with Crippen LogP contribution in [0.3, 0.4) is 0 Å². The molecule has 1 saturated carbocycles. The molecule has 0 spiro atoms. The lowest BCUT2D eigenvalue weighted by atomic mass is 9.79. The summed E-state index contributed by atoms with van der Waals surface area (Å²) in [4.78, 5) is 23.6. The molecule has 0 unspecified atom stereocenters. The lowest BCUT2D eigenvalue weighted by Gasteiger charge is -2.27. The monoisotopic (exact) mass is 344 g/mol. The molecular weight excluding hydrogens is 325 g/mol. The van der Waals surface area contributed by atoms with Crippen molar-refractivity contribution in [2.24, 2.45) is 5.41 Å². The van der Waals surface area contributed by atoms with E-state index in [-0.39, 0.29) is 24.5 Å². The first-order valence-corrected chi connectivity index (χ1v) is 7.61. The number of amides is 1. The van der Waals surface area contributed by atoms with Gasteiger partial charge in [0.1, 0.15) is 0 Å². The molecule has 1 aliphatic rings. The van der Waals surface area contributed by atoms with Crippen molar-refractivity contribution < 1.29 is 27.5 Å². The minimum absolute atomic E-state index is 0.0559. The Morgan fingerprint density at radius 2 is 1.71 bits per heavy atom. The highest BCUT2D eigenvalue weighted by atomic mass is 19.2. The molecule has 1 fully saturated rings. The van der Waals surface area contributed by atoms with Gasteiger partial charge in [0, 0.05) is 18.6 Å². The Labute approximate surface area is 137 Å². The first-order chi connectivity index (χ1) is 11.3. The summed E-state index contributed by atoms with van der Waals surface area (Å²) in [6, 6.07) is 1.00. The number of hydrogen-bond donors (Lipinski definition) is 2. The summed E-state index contributed by atoms with van der Waals surface area (Å²) in [5, 5.41) is 0.